The number of likely N-dealkylation sites (tertiary alicyclic amines) is 1. The first-order valence-corrected chi connectivity index (χ1v) is 6.61. The molecule has 2 nitrogen and oxygen atoms in total. The summed E-state index contributed by atoms with van der Waals surface area (Å²) in [5.41, 5.74) is 3.05. The number of aryl methyl sites for hydroxylation is 2. The molecule has 2 rings (SSSR count). The van der Waals surface area contributed by atoms with Crippen molar-refractivity contribution in [1.82, 2.24) is 4.90 Å². The van der Waals surface area contributed by atoms with Gasteiger partial charge in [0.15, 0.2) is 0 Å². The lowest BCUT2D eigenvalue weighted by Gasteiger charge is -2.23. The van der Waals surface area contributed by atoms with Crippen molar-refractivity contribution in [2.75, 3.05) is 12.4 Å². The highest BCUT2D eigenvalue weighted by Gasteiger charge is 2.29. The number of rotatable bonds is 2. The summed E-state index contributed by atoms with van der Waals surface area (Å²) in [7, 11) is 0. The fourth-order valence-corrected chi connectivity index (χ4v) is 2.79. The van der Waals surface area contributed by atoms with Crippen LogP contribution < -0.4 is 0 Å². The number of carbonyl (C=O) groups is 1. The van der Waals surface area contributed by atoms with E-state index in [1.165, 1.54) is 5.56 Å². The predicted molar refractivity (Wildman–Crippen MR) is 70.7 cm³/mol. The van der Waals surface area contributed by atoms with E-state index in [4.69, 9.17) is 11.6 Å². The van der Waals surface area contributed by atoms with Crippen LogP contribution >= 0.6 is 11.6 Å². The van der Waals surface area contributed by atoms with Gasteiger partial charge in [-0.2, -0.15) is 0 Å². The highest BCUT2D eigenvalue weighted by molar-refractivity contribution is 6.18. The van der Waals surface area contributed by atoms with Gasteiger partial charge in [-0.3, -0.25) is 4.79 Å². The third-order valence-electron chi connectivity index (χ3n) is 3.43. The molecule has 0 saturated carbocycles. The maximum absolute atomic E-state index is 12.4. The molecular formula is C14H18ClNO. The molecule has 1 unspecified atom stereocenters. The van der Waals surface area contributed by atoms with E-state index in [-0.39, 0.29) is 11.9 Å². The molecule has 1 aromatic carbocycles. The van der Waals surface area contributed by atoms with Crippen LogP contribution in [0.1, 0.15) is 34.3 Å². The summed E-state index contributed by atoms with van der Waals surface area (Å²) in [6.07, 6.45) is 2.09. The second kappa shape index (κ2) is 5.09. The fraction of sp³-hybridized carbons (Fsp3) is 0.500. The maximum Gasteiger partial charge on any atom is 0.254 e. The van der Waals surface area contributed by atoms with E-state index in [0.717, 1.165) is 30.5 Å². The van der Waals surface area contributed by atoms with Gasteiger partial charge < -0.3 is 4.90 Å². The largest absolute Gasteiger partial charge is 0.334 e. The molecule has 1 aliphatic heterocycles. The minimum absolute atomic E-state index is 0.130. The van der Waals surface area contributed by atoms with Gasteiger partial charge >= 0.3 is 0 Å². The van der Waals surface area contributed by atoms with Crippen molar-refractivity contribution < 1.29 is 4.79 Å². The smallest absolute Gasteiger partial charge is 0.254 e. The van der Waals surface area contributed by atoms with E-state index in [1.54, 1.807) is 0 Å². The third-order valence-corrected chi connectivity index (χ3v) is 3.78. The zero-order valence-corrected chi connectivity index (χ0v) is 11.1. The summed E-state index contributed by atoms with van der Waals surface area (Å²) in [6.45, 7) is 4.87. The number of alkyl halides is 1. The molecule has 1 saturated heterocycles. The third kappa shape index (κ3) is 2.47. The second-order valence-electron chi connectivity index (χ2n) is 4.77. The van der Waals surface area contributed by atoms with Crippen LogP contribution in [0.5, 0.6) is 0 Å². The topological polar surface area (TPSA) is 20.3 Å². The van der Waals surface area contributed by atoms with E-state index in [0.29, 0.717) is 5.88 Å². The van der Waals surface area contributed by atoms with Crippen molar-refractivity contribution in [3.05, 3.63) is 34.9 Å². The van der Waals surface area contributed by atoms with E-state index >= 15 is 0 Å². The summed E-state index contributed by atoms with van der Waals surface area (Å²) in [5, 5.41) is 0. The van der Waals surface area contributed by atoms with Gasteiger partial charge in [0.1, 0.15) is 0 Å². The number of halogens is 1. The molecule has 1 atom stereocenters. The van der Waals surface area contributed by atoms with E-state index in [9.17, 15) is 4.79 Å². The zero-order chi connectivity index (χ0) is 12.4. The first kappa shape index (κ1) is 12.4. The van der Waals surface area contributed by atoms with Crippen molar-refractivity contribution in [1.29, 1.82) is 0 Å². The number of hydrogen-bond acceptors (Lipinski definition) is 1. The number of carbonyl (C=O) groups excluding carboxylic acids is 1. The average Bonchev–Trinajstić information content (AvgIpc) is 2.76. The van der Waals surface area contributed by atoms with Crippen LogP contribution in [0.3, 0.4) is 0 Å². The van der Waals surface area contributed by atoms with Crippen molar-refractivity contribution in [3.8, 4) is 0 Å². The normalized spacial score (nSPS) is 19.7. The Bertz CT molecular complexity index is 430. The van der Waals surface area contributed by atoms with Gasteiger partial charge in [-0.15, -0.1) is 11.6 Å². The molecule has 1 aliphatic rings. The van der Waals surface area contributed by atoms with Gasteiger partial charge in [0.2, 0.25) is 0 Å². The van der Waals surface area contributed by atoms with Crippen molar-refractivity contribution >= 4 is 17.5 Å². The summed E-state index contributed by atoms with van der Waals surface area (Å²) >= 11 is 5.91. The SMILES string of the molecule is Cc1ccc(C(=O)N2CCCC2CCl)c(C)c1. The summed E-state index contributed by atoms with van der Waals surface area (Å²) < 4.78 is 0. The van der Waals surface area contributed by atoms with E-state index < -0.39 is 0 Å². The van der Waals surface area contributed by atoms with E-state index in [2.05, 4.69) is 6.07 Å². The lowest BCUT2D eigenvalue weighted by molar-refractivity contribution is 0.0748. The average molecular weight is 252 g/mol. The molecule has 0 spiro atoms. The summed E-state index contributed by atoms with van der Waals surface area (Å²) in [6, 6.07) is 6.19. The Balaban J connectivity index is 2.24. The van der Waals surface area contributed by atoms with Crippen LogP contribution in [0.4, 0.5) is 0 Å². The lowest BCUT2D eigenvalue weighted by atomic mass is 10.0. The summed E-state index contributed by atoms with van der Waals surface area (Å²) in [5.74, 6) is 0.669. The number of amides is 1. The van der Waals surface area contributed by atoms with Gasteiger partial charge in [-0.1, -0.05) is 17.7 Å². The van der Waals surface area contributed by atoms with Gasteiger partial charge in [-0.25, -0.2) is 0 Å². The van der Waals surface area contributed by atoms with E-state index in [1.807, 2.05) is 30.9 Å². The molecule has 0 bridgehead atoms. The molecule has 0 aliphatic carbocycles. The first-order chi connectivity index (χ1) is 8.13. The van der Waals surface area contributed by atoms with Crippen LogP contribution in [0.2, 0.25) is 0 Å². The lowest BCUT2D eigenvalue weighted by Crippen LogP contribution is -2.36. The van der Waals surface area contributed by atoms with Gasteiger partial charge in [0, 0.05) is 24.0 Å². The first-order valence-electron chi connectivity index (χ1n) is 6.07. The van der Waals surface area contributed by atoms with Gasteiger partial charge in [-0.05, 0) is 38.3 Å². The highest BCUT2D eigenvalue weighted by Crippen LogP contribution is 2.22. The van der Waals surface area contributed by atoms with Crippen LogP contribution in [0, 0.1) is 13.8 Å². The van der Waals surface area contributed by atoms with Crippen LogP contribution in [0.25, 0.3) is 0 Å². The Labute approximate surface area is 108 Å². The molecule has 1 fully saturated rings. The minimum Gasteiger partial charge on any atom is -0.334 e. The van der Waals surface area contributed by atoms with Gasteiger partial charge in [0.05, 0.1) is 0 Å². The number of hydrogen-bond donors (Lipinski definition) is 0. The molecule has 0 radical (unpaired) electrons. The fourth-order valence-electron chi connectivity index (χ4n) is 2.47. The van der Waals surface area contributed by atoms with Crippen molar-refractivity contribution in [3.63, 3.8) is 0 Å². The molecule has 92 valence electrons. The quantitative estimate of drug-likeness (QED) is 0.740. The van der Waals surface area contributed by atoms with Crippen molar-refractivity contribution in [2.45, 2.75) is 32.7 Å². The van der Waals surface area contributed by atoms with Crippen molar-refractivity contribution in [2.24, 2.45) is 0 Å². The standard InChI is InChI=1S/C14H18ClNO/c1-10-5-6-13(11(2)8-10)14(17)16-7-3-4-12(16)9-15/h5-6,8,12H,3-4,7,9H2,1-2H3. The zero-order valence-electron chi connectivity index (χ0n) is 10.4. The molecular weight excluding hydrogens is 234 g/mol. The Morgan fingerprint density at radius 2 is 2.24 bits per heavy atom. The molecule has 1 heterocycles. The monoisotopic (exact) mass is 251 g/mol. The second-order valence-corrected chi connectivity index (χ2v) is 5.08. The Morgan fingerprint density at radius 3 is 2.88 bits per heavy atom. The summed E-state index contributed by atoms with van der Waals surface area (Å²) in [4.78, 5) is 14.3. The highest BCUT2D eigenvalue weighted by atomic mass is 35.5. The maximum atomic E-state index is 12.4. The van der Waals surface area contributed by atoms with Gasteiger partial charge in [0.25, 0.3) is 5.91 Å². The molecule has 1 amide bonds. The Morgan fingerprint density at radius 1 is 1.47 bits per heavy atom. The predicted octanol–water partition coefficient (Wildman–Crippen LogP) is 3.15. The molecule has 0 N–H and O–H groups in total. The molecule has 0 aromatic heterocycles. The Kier molecular flexibility index (Phi) is 3.72. The van der Waals surface area contributed by atoms with Crippen LogP contribution in [0.15, 0.2) is 18.2 Å². The molecule has 3 heteroatoms. The van der Waals surface area contributed by atoms with Crippen LogP contribution in [-0.4, -0.2) is 29.3 Å². The Hall–Kier alpha value is -1.02. The minimum atomic E-state index is 0.130. The number of nitrogens with zero attached hydrogens (tertiary/aromatic N) is 1. The molecule has 17 heavy (non-hydrogen) atoms. The number of benzene rings is 1. The van der Waals surface area contributed by atoms with Crippen LogP contribution in [-0.2, 0) is 0 Å². The molecule has 1 aromatic rings.